The highest BCUT2D eigenvalue weighted by molar-refractivity contribution is 6.39. The quantitative estimate of drug-likeness (QED) is 0.257. The van der Waals surface area contributed by atoms with Crippen LogP contribution < -0.4 is 15.4 Å². The predicted molar refractivity (Wildman–Crippen MR) is 203 cm³/mol. The summed E-state index contributed by atoms with van der Waals surface area (Å²) in [5.74, 6) is 0.845. The number of benzene rings is 2. The van der Waals surface area contributed by atoms with Crippen LogP contribution in [0.3, 0.4) is 0 Å². The van der Waals surface area contributed by atoms with Gasteiger partial charge in [0.25, 0.3) is 5.91 Å². The van der Waals surface area contributed by atoms with Gasteiger partial charge in [-0.2, -0.15) is 0 Å². The van der Waals surface area contributed by atoms with E-state index in [0.29, 0.717) is 65.0 Å². The van der Waals surface area contributed by atoms with Gasteiger partial charge in [-0.1, -0.05) is 47.5 Å². The van der Waals surface area contributed by atoms with Crippen molar-refractivity contribution >= 4 is 46.6 Å². The molecule has 3 amide bonds. The second kappa shape index (κ2) is 14.1. The number of aromatic nitrogens is 3. The summed E-state index contributed by atoms with van der Waals surface area (Å²) in [7, 11) is 5.48. The maximum Gasteiger partial charge on any atom is 0.291 e. The summed E-state index contributed by atoms with van der Waals surface area (Å²) in [5, 5.41) is 6.66. The Morgan fingerprint density at radius 2 is 1.89 bits per heavy atom. The van der Waals surface area contributed by atoms with Crippen molar-refractivity contribution in [3.8, 4) is 28.1 Å². The maximum atomic E-state index is 13.7. The average Bonchev–Trinajstić information content (AvgIpc) is 3.85. The molecule has 2 N–H and O–H groups in total. The lowest BCUT2D eigenvalue weighted by molar-refractivity contribution is -0.136. The summed E-state index contributed by atoms with van der Waals surface area (Å²) in [5.41, 5.74) is 5.87. The van der Waals surface area contributed by atoms with Gasteiger partial charge in [0.05, 0.1) is 46.8 Å². The third kappa shape index (κ3) is 6.56. The van der Waals surface area contributed by atoms with Crippen LogP contribution in [0.5, 0.6) is 5.75 Å². The van der Waals surface area contributed by atoms with Gasteiger partial charge in [-0.05, 0) is 44.6 Å². The molecule has 2 aromatic carbocycles. The van der Waals surface area contributed by atoms with Crippen molar-refractivity contribution in [2.24, 2.45) is 12.5 Å². The minimum absolute atomic E-state index is 0.0539. The molecule has 4 aliphatic rings. The van der Waals surface area contributed by atoms with E-state index in [-0.39, 0.29) is 29.1 Å². The van der Waals surface area contributed by atoms with E-state index in [0.717, 1.165) is 67.3 Å². The summed E-state index contributed by atoms with van der Waals surface area (Å²) in [6.45, 7) is 5.10. The standard InChI is InChI=1S/C39H42Cl2N8O4/c1-46-14-5-8-30(46)38(52)49-15-12-29-28(19-49)44-36(47(29)2)37(51)45-27-7-4-6-25(33(27)40)26-11-13-42-35(34(26)41)23-9-10-24(31(16-23)53-3)18-48-21-39(22-48)17-32(50)43-20-39/h4,6-7,9-11,13,16,30H,5,8,12,14-15,17-22H2,1-3H3,(H,43,50)(H,45,51). The van der Waals surface area contributed by atoms with Gasteiger partial charge in [-0.3, -0.25) is 29.2 Å². The van der Waals surface area contributed by atoms with E-state index >= 15 is 0 Å². The third-order valence-corrected chi connectivity index (χ3v) is 12.1. The molecule has 4 aromatic rings. The van der Waals surface area contributed by atoms with Gasteiger partial charge < -0.3 is 24.8 Å². The molecule has 53 heavy (non-hydrogen) atoms. The smallest absolute Gasteiger partial charge is 0.291 e. The number of carbonyl (C=O) groups is 3. The molecule has 1 atom stereocenters. The normalized spacial score (nSPS) is 19.6. The van der Waals surface area contributed by atoms with Crippen molar-refractivity contribution in [1.29, 1.82) is 0 Å². The van der Waals surface area contributed by atoms with Crippen LogP contribution in [0.1, 0.15) is 46.8 Å². The van der Waals surface area contributed by atoms with Crippen molar-refractivity contribution < 1.29 is 19.1 Å². The van der Waals surface area contributed by atoms with Crippen LogP contribution in [-0.2, 0) is 36.1 Å². The first kappa shape index (κ1) is 35.5. The lowest BCUT2D eigenvalue weighted by atomic mass is 9.79. The molecule has 8 rings (SSSR count). The number of anilines is 1. The monoisotopic (exact) mass is 756 g/mol. The van der Waals surface area contributed by atoms with Crippen LogP contribution in [0, 0.1) is 5.41 Å². The maximum absolute atomic E-state index is 13.7. The van der Waals surface area contributed by atoms with Crippen molar-refractivity contribution in [3.63, 3.8) is 0 Å². The van der Waals surface area contributed by atoms with Gasteiger partial charge in [-0.25, -0.2) is 4.98 Å². The number of imidazole rings is 1. The Morgan fingerprint density at radius 1 is 1.08 bits per heavy atom. The Bertz CT molecular complexity index is 2130. The second-order valence-electron chi connectivity index (χ2n) is 14.8. The molecule has 1 unspecified atom stereocenters. The zero-order valence-electron chi connectivity index (χ0n) is 30.0. The second-order valence-corrected chi connectivity index (χ2v) is 15.6. The van der Waals surface area contributed by atoms with Crippen molar-refractivity contribution in [2.75, 3.05) is 52.2 Å². The summed E-state index contributed by atoms with van der Waals surface area (Å²) >= 11 is 14.0. The first-order chi connectivity index (χ1) is 25.5. The fourth-order valence-corrected chi connectivity index (χ4v) is 9.07. The lowest BCUT2D eigenvalue weighted by Gasteiger charge is -2.47. The molecule has 2 aromatic heterocycles. The minimum atomic E-state index is -0.398. The van der Waals surface area contributed by atoms with E-state index in [4.69, 9.17) is 32.9 Å². The topological polar surface area (TPSA) is 125 Å². The summed E-state index contributed by atoms with van der Waals surface area (Å²) < 4.78 is 7.61. The molecule has 6 heterocycles. The molecular formula is C39H42Cl2N8O4. The van der Waals surface area contributed by atoms with Crippen LogP contribution in [0.2, 0.25) is 10.0 Å². The molecule has 14 heteroatoms. The number of hydrogen-bond donors (Lipinski definition) is 2. The van der Waals surface area contributed by atoms with Crippen LogP contribution in [0.25, 0.3) is 22.4 Å². The van der Waals surface area contributed by atoms with E-state index in [9.17, 15) is 14.4 Å². The van der Waals surface area contributed by atoms with Gasteiger partial charge in [0.2, 0.25) is 11.8 Å². The molecule has 276 valence electrons. The van der Waals surface area contributed by atoms with Gasteiger partial charge in [-0.15, -0.1) is 0 Å². The number of carbonyl (C=O) groups excluding carboxylic acids is 3. The number of ether oxygens (including phenoxy) is 1. The summed E-state index contributed by atoms with van der Waals surface area (Å²) in [6, 6.07) is 13.1. The Labute approximate surface area is 318 Å². The predicted octanol–water partition coefficient (Wildman–Crippen LogP) is 5.02. The van der Waals surface area contributed by atoms with Crippen LogP contribution in [0.15, 0.2) is 48.7 Å². The first-order valence-electron chi connectivity index (χ1n) is 18.0. The first-order valence-corrected chi connectivity index (χ1v) is 18.7. The highest BCUT2D eigenvalue weighted by atomic mass is 35.5. The molecule has 3 fully saturated rings. The van der Waals surface area contributed by atoms with Gasteiger partial charge >= 0.3 is 0 Å². The van der Waals surface area contributed by atoms with Crippen molar-refractivity contribution in [3.05, 3.63) is 81.5 Å². The largest absolute Gasteiger partial charge is 0.496 e. The highest BCUT2D eigenvalue weighted by Crippen LogP contribution is 2.42. The summed E-state index contributed by atoms with van der Waals surface area (Å²) in [6.07, 6.45) is 4.79. The van der Waals surface area contributed by atoms with E-state index in [1.54, 1.807) is 25.4 Å². The fraction of sp³-hybridized carbons (Fsp3) is 0.410. The zero-order valence-corrected chi connectivity index (χ0v) is 31.6. The molecule has 0 aliphatic carbocycles. The Hall–Kier alpha value is -4.49. The van der Waals surface area contributed by atoms with Crippen LogP contribution in [-0.4, -0.2) is 99.9 Å². The number of rotatable bonds is 8. The van der Waals surface area contributed by atoms with E-state index < -0.39 is 5.91 Å². The molecule has 0 radical (unpaired) electrons. The Balaban J connectivity index is 0.987. The fourth-order valence-electron chi connectivity index (χ4n) is 8.47. The third-order valence-electron chi connectivity index (χ3n) is 11.3. The van der Waals surface area contributed by atoms with Crippen molar-refractivity contribution in [1.82, 2.24) is 34.6 Å². The Kier molecular flexibility index (Phi) is 9.42. The van der Waals surface area contributed by atoms with Crippen LogP contribution in [0.4, 0.5) is 5.69 Å². The lowest BCUT2D eigenvalue weighted by Crippen LogP contribution is -2.56. The summed E-state index contributed by atoms with van der Waals surface area (Å²) in [4.78, 5) is 54.3. The highest BCUT2D eigenvalue weighted by Gasteiger charge is 2.48. The average molecular weight is 758 g/mol. The number of likely N-dealkylation sites (tertiary alicyclic amines) is 2. The minimum Gasteiger partial charge on any atom is -0.496 e. The van der Waals surface area contributed by atoms with E-state index in [1.807, 2.05) is 53.9 Å². The van der Waals surface area contributed by atoms with Gasteiger partial charge in [0.1, 0.15) is 5.75 Å². The van der Waals surface area contributed by atoms with Crippen LogP contribution >= 0.6 is 23.2 Å². The number of methoxy groups -OCH3 is 1. The van der Waals surface area contributed by atoms with Gasteiger partial charge in [0.15, 0.2) is 5.82 Å². The number of likely N-dealkylation sites (N-methyl/N-ethyl adjacent to an activating group) is 1. The van der Waals surface area contributed by atoms with Crippen molar-refractivity contribution in [2.45, 2.75) is 44.8 Å². The number of nitrogens with zero attached hydrogens (tertiary/aromatic N) is 6. The number of halogens is 2. The Morgan fingerprint density at radius 3 is 2.62 bits per heavy atom. The SMILES string of the molecule is COc1cc(-c2nccc(-c3cccc(NC(=O)c4nc5c(n4C)CCN(C(=O)C4CCCN4C)C5)c3Cl)c2Cl)ccc1CN1CC2(CNC(=O)C2)C1. The van der Waals surface area contributed by atoms with E-state index in [2.05, 4.69) is 25.4 Å². The molecule has 3 saturated heterocycles. The molecular weight excluding hydrogens is 715 g/mol. The number of hydrogen-bond acceptors (Lipinski definition) is 8. The number of pyridine rings is 1. The number of nitrogens with one attached hydrogen (secondary N) is 2. The number of fused-ring (bicyclic) bond motifs is 1. The zero-order chi connectivity index (χ0) is 37.0. The molecule has 1 spiro atoms. The molecule has 12 nitrogen and oxygen atoms in total. The molecule has 0 saturated carbocycles. The molecule has 4 aliphatic heterocycles. The van der Waals surface area contributed by atoms with E-state index in [1.165, 1.54) is 0 Å². The van der Waals surface area contributed by atoms with Gasteiger partial charge in [0, 0.05) is 92.2 Å². The number of amides is 3. The molecule has 0 bridgehead atoms.